The SMILES string of the molecule is CN1C[C@@H](c2ccccc2)CC2(CCN(C(=O)c3ccc4c(c3)ncn4C)CC2)C1. The summed E-state index contributed by atoms with van der Waals surface area (Å²) in [6, 6.07) is 16.8. The molecule has 1 aromatic heterocycles. The number of fused-ring (bicyclic) bond motifs is 1. The first-order chi connectivity index (χ1) is 14.5. The zero-order valence-electron chi connectivity index (χ0n) is 17.9. The normalized spacial score (nSPS) is 21.9. The molecule has 2 saturated heterocycles. The Morgan fingerprint density at radius 3 is 2.60 bits per heavy atom. The number of hydrogen-bond acceptors (Lipinski definition) is 3. The molecular formula is C25H30N4O. The van der Waals surface area contributed by atoms with Crippen LogP contribution in [-0.2, 0) is 7.05 Å². The van der Waals surface area contributed by atoms with Crippen LogP contribution in [0.4, 0.5) is 0 Å². The van der Waals surface area contributed by atoms with Crippen molar-refractivity contribution in [3.63, 3.8) is 0 Å². The van der Waals surface area contributed by atoms with E-state index in [1.165, 1.54) is 12.0 Å². The summed E-state index contributed by atoms with van der Waals surface area (Å²) in [6.45, 7) is 3.94. The fraction of sp³-hybridized carbons (Fsp3) is 0.440. The van der Waals surface area contributed by atoms with Crippen molar-refractivity contribution in [2.45, 2.75) is 25.2 Å². The number of aryl methyl sites for hydroxylation is 1. The van der Waals surface area contributed by atoms with E-state index in [0.717, 1.165) is 55.6 Å². The molecule has 5 nitrogen and oxygen atoms in total. The second kappa shape index (κ2) is 7.55. The van der Waals surface area contributed by atoms with Crippen LogP contribution in [0.5, 0.6) is 0 Å². The summed E-state index contributed by atoms with van der Waals surface area (Å²) in [5.74, 6) is 0.722. The van der Waals surface area contributed by atoms with Gasteiger partial charge in [0.15, 0.2) is 0 Å². The predicted molar refractivity (Wildman–Crippen MR) is 120 cm³/mol. The van der Waals surface area contributed by atoms with E-state index in [0.29, 0.717) is 11.3 Å². The molecule has 2 aliphatic heterocycles. The van der Waals surface area contributed by atoms with Crippen molar-refractivity contribution in [2.75, 3.05) is 33.2 Å². The number of amides is 1. The van der Waals surface area contributed by atoms with Gasteiger partial charge in [-0.1, -0.05) is 30.3 Å². The van der Waals surface area contributed by atoms with Gasteiger partial charge in [-0.3, -0.25) is 4.79 Å². The van der Waals surface area contributed by atoms with Crippen LogP contribution in [0, 0.1) is 5.41 Å². The average Bonchev–Trinajstić information content (AvgIpc) is 3.14. The molecule has 30 heavy (non-hydrogen) atoms. The monoisotopic (exact) mass is 402 g/mol. The number of likely N-dealkylation sites (tertiary alicyclic amines) is 2. The van der Waals surface area contributed by atoms with Crippen LogP contribution in [-0.4, -0.2) is 58.5 Å². The van der Waals surface area contributed by atoms with Gasteiger partial charge in [0.25, 0.3) is 5.91 Å². The number of imidazole rings is 1. The topological polar surface area (TPSA) is 41.4 Å². The minimum absolute atomic E-state index is 0.140. The standard InChI is InChI=1S/C25H30N4O/c1-27-16-21(19-6-4-3-5-7-19)15-25(17-27)10-12-29(13-11-25)24(30)20-8-9-23-22(14-20)26-18-28(23)2/h3-9,14,18,21H,10-13,15-17H2,1-2H3/t21-/m0/s1. The highest BCUT2D eigenvalue weighted by molar-refractivity contribution is 5.97. The second-order valence-electron chi connectivity index (χ2n) is 9.36. The Balaban J connectivity index is 1.29. The zero-order valence-corrected chi connectivity index (χ0v) is 17.9. The van der Waals surface area contributed by atoms with E-state index in [1.807, 2.05) is 34.7 Å². The first-order valence-electron chi connectivity index (χ1n) is 11.0. The van der Waals surface area contributed by atoms with Gasteiger partial charge in [0.05, 0.1) is 17.4 Å². The van der Waals surface area contributed by atoms with Crippen molar-refractivity contribution >= 4 is 16.9 Å². The number of nitrogens with zero attached hydrogens (tertiary/aromatic N) is 4. The molecule has 2 aliphatic rings. The summed E-state index contributed by atoms with van der Waals surface area (Å²) in [5.41, 5.74) is 4.46. The van der Waals surface area contributed by atoms with Crippen LogP contribution >= 0.6 is 0 Å². The van der Waals surface area contributed by atoms with Gasteiger partial charge in [0.1, 0.15) is 0 Å². The molecule has 2 fully saturated rings. The molecule has 0 radical (unpaired) electrons. The van der Waals surface area contributed by atoms with Gasteiger partial charge in [0.2, 0.25) is 0 Å². The average molecular weight is 403 g/mol. The molecule has 2 aromatic carbocycles. The lowest BCUT2D eigenvalue weighted by Crippen LogP contribution is -2.51. The van der Waals surface area contributed by atoms with Crippen LogP contribution in [0.25, 0.3) is 11.0 Å². The summed E-state index contributed by atoms with van der Waals surface area (Å²) < 4.78 is 1.98. The number of carbonyl (C=O) groups excluding carboxylic acids is 1. The first kappa shape index (κ1) is 19.3. The highest BCUT2D eigenvalue weighted by Gasteiger charge is 2.42. The molecule has 0 saturated carbocycles. The Labute approximate surface area is 178 Å². The largest absolute Gasteiger partial charge is 0.339 e. The van der Waals surface area contributed by atoms with Crippen molar-refractivity contribution in [1.29, 1.82) is 0 Å². The van der Waals surface area contributed by atoms with Gasteiger partial charge in [0, 0.05) is 38.8 Å². The van der Waals surface area contributed by atoms with Crippen LogP contribution in [0.1, 0.15) is 41.1 Å². The molecule has 3 heterocycles. The predicted octanol–water partition coefficient (Wildman–Crippen LogP) is 3.92. The fourth-order valence-electron chi connectivity index (χ4n) is 5.61. The molecule has 0 N–H and O–H groups in total. The smallest absolute Gasteiger partial charge is 0.253 e. The maximum absolute atomic E-state index is 13.2. The van der Waals surface area contributed by atoms with Crippen molar-refractivity contribution in [2.24, 2.45) is 12.5 Å². The molecule has 0 bridgehead atoms. The van der Waals surface area contributed by atoms with Gasteiger partial charge in [-0.25, -0.2) is 4.98 Å². The Hall–Kier alpha value is -2.66. The van der Waals surface area contributed by atoms with Crippen molar-refractivity contribution in [1.82, 2.24) is 19.4 Å². The van der Waals surface area contributed by atoms with Gasteiger partial charge in [-0.05, 0) is 61.4 Å². The number of rotatable bonds is 2. The summed E-state index contributed by atoms with van der Waals surface area (Å²) >= 11 is 0. The Morgan fingerprint density at radius 2 is 1.83 bits per heavy atom. The van der Waals surface area contributed by atoms with E-state index in [2.05, 4.69) is 47.3 Å². The third-order valence-electron chi connectivity index (χ3n) is 7.17. The lowest BCUT2D eigenvalue weighted by Gasteiger charge is -2.49. The summed E-state index contributed by atoms with van der Waals surface area (Å²) in [7, 11) is 4.22. The van der Waals surface area contributed by atoms with E-state index in [-0.39, 0.29) is 5.91 Å². The highest BCUT2D eigenvalue weighted by Crippen LogP contribution is 2.44. The van der Waals surface area contributed by atoms with Gasteiger partial charge in [-0.2, -0.15) is 0 Å². The highest BCUT2D eigenvalue weighted by atomic mass is 16.2. The van der Waals surface area contributed by atoms with E-state index in [9.17, 15) is 4.79 Å². The third-order valence-corrected chi connectivity index (χ3v) is 7.17. The van der Waals surface area contributed by atoms with Crippen molar-refractivity contribution in [3.8, 4) is 0 Å². The fourth-order valence-corrected chi connectivity index (χ4v) is 5.61. The molecular weight excluding hydrogens is 372 g/mol. The maximum atomic E-state index is 13.2. The third kappa shape index (κ3) is 3.52. The number of likely N-dealkylation sites (N-methyl/N-ethyl adjacent to an activating group) is 1. The number of carbonyl (C=O) groups is 1. The molecule has 156 valence electrons. The van der Waals surface area contributed by atoms with E-state index in [1.54, 1.807) is 6.33 Å². The molecule has 5 rings (SSSR count). The molecule has 0 aliphatic carbocycles. The van der Waals surface area contributed by atoms with E-state index in [4.69, 9.17) is 0 Å². The first-order valence-corrected chi connectivity index (χ1v) is 11.0. The quantitative estimate of drug-likeness (QED) is 0.653. The van der Waals surface area contributed by atoms with E-state index >= 15 is 0 Å². The van der Waals surface area contributed by atoms with Gasteiger partial charge >= 0.3 is 0 Å². The number of piperidine rings is 2. The van der Waals surface area contributed by atoms with Gasteiger partial charge < -0.3 is 14.4 Å². The molecule has 1 spiro atoms. The molecule has 0 unspecified atom stereocenters. The molecule has 3 aromatic rings. The van der Waals surface area contributed by atoms with Crippen LogP contribution in [0.15, 0.2) is 54.9 Å². The number of aromatic nitrogens is 2. The minimum atomic E-state index is 0.140. The van der Waals surface area contributed by atoms with Crippen LogP contribution < -0.4 is 0 Å². The molecule has 5 heteroatoms. The van der Waals surface area contributed by atoms with Crippen LogP contribution in [0.3, 0.4) is 0 Å². The molecule has 1 amide bonds. The van der Waals surface area contributed by atoms with Crippen molar-refractivity contribution < 1.29 is 4.79 Å². The summed E-state index contributed by atoms with van der Waals surface area (Å²) in [5, 5.41) is 0. The Morgan fingerprint density at radius 1 is 1.07 bits per heavy atom. The lowest BCUT2D eigenvalue weighted by molar-refractivity contribution is 0.0224. The Bertz CT molecular complexity index is 1050. The van der Waals surface area contributed by atoms with Crippen LogP contribution in [0.2, 0.25) is 0 Å². The Kier molecular flexibility index (Phi) is 4.86. The lowest BCUT2D eigenvalue weighted by atomic mass is 9.68. The summed E-state index contributed by atoms with van der Waals surface area (Å²) in [6.07, 6.45) is 5.19. The maximum Gasteiger partial charge on any atom is 0.253 e. The number of benzene rings is 2. The molecule has 1 atom stereocenters. The second-order valence-corrected chi connectivity index (χ2v) is 9.36. The minimum Gasteiger partial charge on any atom is -0.339 e. The van der Waals surface area contributed by atoms with Gasteiger partial charge in [-0.15, -0.1) is 0 Å². The zero-order chi connectivity index (χ0) is 20.7. The van der Waals surface area contributed by atoms with Crippen molar-refractivity contribution in [3.05, 3.63) is 66.0 Å². The van der Waals surface area contributed by atoms with E-state index < -0.39 is 0 Å². The number of hydrogen-bond donors (Lipinski definition) is 0. The summed E-state index contributed by atoms with van der Waals surface area (Å²) in [4.78, 5) is 22.1.